The van der Waals surface area contributed by atoms with Gasteiger partial charge in [0.2, 0.25) is 5.91 Å². The summed E-state index contributed by atoms with van der Waals surface area (Å²) in [4.78, 5) is 14.7. The number of H-pyrrole nitrogens is 1. The zero-order valence-electron chi connectivity index (χ0n) is 8.99. The minimum atomic E-state index is 0.0182. The summed E-state index contributed by atoms with van der Waals surface area (Å²) >= 11 is 0. The van der Waals surface area contributed by atoms with Gasteiger partial charge in [-0.15, -0.1) is 6.58 Å². The van der Waals surface area contributed by atoms with E-state index < -0.39 is 0 Å². The van der Waals surface area contributed by atoms with E-state index in [4.69, 9.17) is 0 Å². The Morgan fingerprint density at radius 2 is 2.25 bits per heavy atom. The predicted octanol–water partition coefficient (Wildman–Crippen LogP) is 2.01. The van der Waals surface area contributed by atoms with E-state index in [1.807, 2.05) is 30.5 Å². The second kappa shape index (κ2) is 4.66. The molecule has 1 aromatic carbocycles. The Balaban J connectivity index is 2.15. The van der Waals surface area contributed by atoms with Gasteiger partial charge in [-0.25, -0.2) is 0 Å². The SMILES string of the molecule is C=CCNC(=O)Cc1c[nH]c2ccccc12. The molecule has 2 N–H and O–H groups in total. The number of amides is 1. The van der Waals surface area contributed by atoms with Crippen LogP contribution < -0.4 is 5.32 Å². The van der Waals surface area contributed by atoms with Crippen molar-refractivity contribution in [3.8, 4) is 0 Å². The lowest BCUT2D eigenvalue weighted by atomic mass is 10.1. The molecule has 3 heteroatoms. The monoisotopic (exact) mass is 214 g/mol. The van der Waals surface area contributed by atoms with Crippen LogP contribution in [0.25, 0.3) is 10.9 Å². The van der Waals surface area contributed by atoms with Gasteiger partial charge in [-0.1, -0.05) is 24.3 Å². The van der Waals surface area contributed by atoms with Crippen molar-refractivity contribution >= 4 is 16.8 Å². The Morgan fingerprint density at radius 1 is 1.44 bits per heavy atom. The molecule has 3 nitrogen and oxygen atoms in total. The summed E-state index contributed by atoms with van der Waals surface area (Å²) in [7, 11) is 0. The highest BCUT2D eigenvalue weighted by atomic mass is 16.1. The van der Waals surface area contributed by atoms with Crippen molar-refractivity contribution in [2.45, 2.75) is 6.42 Å². The molecule has 2 aromatic rings. The highest BCUT2D eigenvalue weighted by Gasteiger charge is 2.07. The predicted molar refractivity (Wildman–Crippen MR) is 65.2 cm³/mol. The third-order valence-corrected chi connectivity index (χ3v) is 2.47. The van der Waals surface area contributed by atoms with E-state index in [2.05, 4.69) is 16.9 Å². The highest BCUT2D eigenvalue weighted by Crippen LogP contribution is 2.17. The standard InChI is InChI=1S/C13H14N2O/c1-2-7-14-13(16)8-10-9-15-12-6-4-3-5-11(10)12/h2-6,9,15H,1,7-8H2,(H,14,16). The van der Waals surface area contributed by atoms with Crippen LogP contribution in [-0.2, 0) is 11.2 Å². The Bertz CT molecular complexity index is 513. The van der Waals surface area contributed by atoms with Crippen molar-refractivity contribution < 1.29 is 4.79 Å². The lowest BCUT2D eigenvalue weighted by molar-refractivity contribution is -0.120. The van der Waals surface area contributed by atoms with Gasteiger partial charge >= 0.3 is 0 Å². The largest absolute Gasteiger partial charge is 0.361 e. The maximum Gasteiger partial charge on any atom is 0.224 e. The summed E-state index contributed by atoms with van der Waals surface area (Å²) in [6.07, 6.45) is 3.96. The number of rotatable bonds is 4. The third-order valence-electron chi connectivity index (χ3n) is 2.47. The van der Waals surface area contributed by atoms with Crippen LogP contribution in [0.1, 0.15) is 5.56 Å². The van der Waals surface area contributed by atoms with Gasteiger partial charge in [-0.2, -0.15) is 0 Å². The topological polar surface area (TPSA) is 44.9 Å². The summed E-state index contributed by atoms with van der Waals surface area (Å²) in [6, 6.07) is 7.96. The van der Waals surface area contributed by atoms with Gasteiger partial charge < -0.3 is 10.3 Å². The van der Waals surface area contributed by atoms with E-state index in [0.29, 0.717) is 13.0 Å². The van der Waals surface area contributed by atoms with Crippen LogP contribution in [0, 0.1) is 0 Å². The quantitative estimate of drug-likeness (QED) is 0.751. The van der Waals surface area contributed by atoms with Crippen molar-refractivity contribution in [2.24, 2.45) is 0 Å². The van der Waals surface area contributed by atoms with Crippen LogP contribution >= 0.6 is 0 Å². The highest BCUT2D eigenvalue weighted by molar-refractivity contribution is 5.88. The molecular weight excluding hydrogens is 200 g/mol. The minimum absolute atomic E-state index is 0.0182. The normalized spacial score (nSPS) is 10.2. The maximum absolute atomic E-state index is 11.5. The third kappa shape index (κ3) is 2.14. The molecule has 1 aromatic heterocycles. The van der Waals surface area contributed by atoms with E-state index in [1.54, 1.807) is 6.08 Å². The molecule has 0 bridgehead atoms. The number of carbonyl (C=O) groups excluding carboxylic acids is 1. The zero-order valence-corrected chi connectivity index (χ0v) is 8.99. The molecule has 16 heavy (non-hydrogen) atoms. The van der Waals surface area contributed by atoms with Gasteiger partial charge in [0.05, 0.1) is 6.42 Å². The number of aromatic nitrogens is 1. The first-order valence-electron chi connectivity index (χ1n) is 5.24. The van der Waals surface area contributed by atoms with E-state index in [0.717, 1.165) is 16.5 Å². The molecule has 0 fully saturated rings. The van der Waals surface area contributed by atoms with Crippen molar-refractivity contribution in [3.63, 3.8) is 0 Å². The molecule has 0 saturated carbocycles. The Morgan fingerprint density at radius 3 is 3.06 bits per heavy atom. The van der Waals surface area contributed by atoms with E-state index in [-0.39, 0.29) is 5.91 Å². The molecule has 0 radical (unpaired) electrons. The molecule has 0 unspecified atom stereocenters. The van der Waals surface area contributed by atoms with Crippen LogP contribution in [0.3, 0.4) is 0 Å². The molecule has 2 rings (SSSR count). The average Bonchev–Trinajstić information content (AvgIpc) is 2.70. The number of aromatic amines is 1. The van der Waals surface area contributed by atoms with Crippen molar-refractivity contribution in [2.75, 3.05) is 6.54 Å². The lowest BCUT2D eigenvalue weighted by Gasteiger charge is -2.00. The Labute approximate surface area is 94.2 Å². The summed E-state index contributed by atoms with van der Waals surface area (Å²) < 4.78 is 0. The van der Waals surface area contributed by atoms with Crippen molar-refractivity contribution in [3.05, 3.63) is 48.7 Å². The van der Waals surface area contributed by atoms with E-state index >= 15 is 0 Å². The van der Waals surface area contributed by atoms with Crippen LogP contribution in [0.2, 0.25) is 0 Å². The van der Waals surface area contributed by atoms with E-state index in [1.165, 1.54) is 0 Å². The molecule has 0 aliphatic carbocycles. The minimum Gasteiger partial charge on any atom is -0.361 e. The fraction of sp³-hybridized carbons (Fsp3) is 0.154. The van der Waals surface area contributed by atoms with Gasteiger partial charge in [0.25, 0.3) is 0 Å². The van der Waals surface area contributed by atoms with Crippen LogP contribution in [-0.4, -0.2) is 17.4 Å². The summed E-state index contributed by atoms with van der Waals surface area (Å²) in [6.45, 7) is 4.07. The smallest absolute Gasteiger partial charge is 0.224 e. The zero-order chi connectivity index (χ0) is 11.4. The number of fused-ring (bicyclic) bond motifs is 1. The first-order valence-corrected chi connectivity index (χ1v) is 5.24. The number of benzene rings is 1. The molecular formula is C13H14N2O. The molecule has 1 heterocycles. The number of hydrogen-bond donors (Lipinski definition) is 2. The van der Waals surface area contributed by atoms with Gasteiger partial charge in [0.1, 0.15) is 0 Å². The van der Waals surface area contributed by atoms with Crippen LogP contribution in [0.15, 0.2) is 43.1 Å². The first kappa shape index (κ1) is 10.5. The second-order valence-corrected chi connectivity index (χ2v) is 3.63. The van der Waals surface area contributed by atoms with Gasteiger partial charge in [0.15, 0.2) is 0 Å². The summed E-state index contributed by atoms with van der Waals surface area (Å²) in [5.74, 6) is 0.0182. The van der Waals surface area contributed by atoms with Gasteiger partial charge in [-0.3, -0.25) is 4.79 Å². The molecule has 0 spiro atoms. The first-order chi connectivity index (χ1) is 7.81. The summed E-state index contributed by atoms with van der Waals surface area (Å²) in [5.41, 5.74) is 2.09. The molecule has 82 valence electrons. The number of hydrogen-bond acceptors (Lipinski definition) is 1. The fourth-order valence-corrected chi connectivity index (χ4v) is 1.70. The fourth-order valence-electron chi connectivity index (χ4n) is 1.70. The summed E-state index contributed by atoms with van der Waals surface area (Å²) in [5, 5.41) is 3.87. The maximum atomic E-state index is 11.5. The van der Waals surface area contributed by atoms with Crippen molar-refractivity contribution in [1.82, 2.24) is 10.3 Å². The van der Waals surface area contributed by atoms with Gasteiger partial charge in [-0.05, 0) is 11.6 Å². The second-order valence-electron chi connectivity index (χ2n) is 3.63. The van der Waals surface area contributed by atoms with Crippen molar-refractivity contribution in [1.29, 1.82) is 0 Å². The number of para-hydroxylation sites is 1. The molecule has 0 saturated heterocycles. The van der Waals surface area contributed by atoms with E-state index in [9.17, 15) is 4.79 Å². The molecule has 0 aliphatic rings. The Hall–Kier alpha value is -2.03. The van der Waals surface area contributed by atoms with Gasteiger partial charge in [0, 0.05) is 23.6 Å². The van der Waals surface area contributed by atoms with Crippen LogP contribution in [0.5, 0.6) is 0 Å². The average molecular weight is 214 g/mol. The number of carbonyl (C=O) groups is 1. The molecule has 0 atom stereocenters. The molecule has 1 amide bonds. The lowest BCUT2D eigenvalue weighted by Crippen LogP contribution is -2.24. The van der Waals surface area contributed by atoms with Crippen LogP contribution in [0.4, 0.5) is 0 Å². The number of nitrogens with one attached hydrogen (secondary N) is 2. The molecule has 0 aliphatic heterocycles. The Kier molecular flexibility index (Phi) is 3.05.